The second kappa shape index (κ2) is 7.60. The van der Waals surface area contributed by atoms with Gasteiger partial charge in [-0.2, -0.15) is 0 Å². The molecule has 9 nitrogen and oxygen atoms in total. The van der Waals surface area contributed by atoms with Crippen LogP contribution in [0.5, 0.6) is 5.75 Å². The van der Waals surface area contributed by atoms with E-state index in [1.807, 2.05) is 30.5 Å². The van der Waals surface area contributed by atoms with Crippen LogP contribution in [0.4, 0.5) is 4.79 Å². The largest absolute Gasteiger partial charge is 0.497 e. The Morgan fingerprint density at radius 2 is 1.90 bits per heavy atom. The van der Waals surface area contributed by atoms with E-state index in [0.29, 0.717) is 23.6 Å². The van der Waals surface area contributed by atoms with Crippen molar-refractivity contribution in [2.45, 2.75) is 19.0 Å². The highest BCUT2D eigenvalue weighted by molar-refractivity contribution is 6.04. The minimum Gasteiger partial charge on any atom is -0.497 e. The number of fused-ring (bicyclic) bond motifs is 1. The minimum atomic E-state index is -0.643. The van der Waals surface area contributed by atoms with E-state index in [4.69, 9.17) is 9.15 Å². The number of amides is 3. The zero-order valence-corrected chi connectivity index (χ0v) is 16.7. The first-order valence-electron chi connectivity index (χ1n) is 9.76. The number of imide groups is 1. The van der Waals surface area contributed by atoms with Crippen molar-refractivity contribution < 1.29 is 18.7 Å². The summed E-state index contributed by atoms with van der Waals surface area (Å²) in [4.78, 5) is 29.6. The minimum absolute atomic E-state index is 0.0851. The van der Waals surface area contributed by atoms with Gasteiger partial charge in [0.25, 0.3) is 5.91 Å². The van der Waals surface area contributed by atoms with Crippen molar-refractivity contribution >= 4 is 22.8 Å². The van der Waals surface area contributed by atoms with Crippen LogP contribution in [0, 0.1) is 0 Å². The van der Waals surface area contributed by atoms with Crippen LogP contribution in [0.3, 0.4) is 0 Å². The highest BCUT2D eigenvalue weighted by Crippen LogP contribution is 2.24. The van der Waals surface area contributed by atoms with Crippen molar-refractivity contribution in [1.82, 2.24) is 25.4 Å². The standard InChI is InChI=1S/C22H19N5O4/c1-30-15-8-6-13(7-9-15)20-26-25-19(31-20)12-27-21(28)18(24-22(27)29)10-14-11-23-17-5-3-2-4-16(14)17/h2-9,11,18,23H,10,12H2,1H3,(H,24,29). The molecule has 0 saturated carbocycles. The smallest absolute Gasteiger partial charge is 0.325 e. The fraction of sp³-hybridized carbons (Fsp3) is 0.182. The molecular formula is C22H19N5O4. The maximum atomic E-state index is 12.9. The number of carbonyl (C=O) groups is 2. The number of aromatic amines is 1. The molecule has 9 heteroatoms. The molecule has 3 amide bonds. The summed E-state index contributed by atoms with van der Waals surface area (Å²) in [6, 6.07) is 13.9. The molecule has 1 unspecified atom stereocenters. The van der Waals surface area contributed by atoms with Crippen LogP contribution < -0.4 is 10.1 Å². The van der Waals surface area contributed by atoms with Crippen LogP contribution in [0.1, 0.15) is 11.5 Å². The van der Waals surface area contributed by atoms with Gasteiger partial charge in [-0.25, -0.2) is 4.79 Å². The highest BCUT2D eigenvalue weighted by Gasteiger charge is 2.39. The van der Waals surface area contributed by atoms with Crippen LogP contribution in [-0.4, -0.2) is 45.2 Å². The SMILES string of the molecule is COc1ccc(-c2nnc(CN3C(=O)NC(Cc4c[nH]c5ccccc45)C3=O)o2)cc1. The lowest BCUT2D eigenvalue weighted by atomic mass is 10.1. The molecule has 3 heterocycles. The van der Waals surface area contributed by atoms with Gasteiger partial charge < -0.3 is 19.5 Å². The second-order valence-electron chi connectivity index (χ2n) is 7.22. The molecule has 1 atom stereocenters. The van der Waals surface area contributed by atoms with E-state index in [9.17, 15) is 9.59 Å². The van der Waals surface area contributed by atoms with Gasteiger partial charge in [0.1, 0.15) is 18.3 Å². The zero-order chi connectivity index (χ0) is 21.4. The predicted octanol–water partition coefficient (Wildman–Crippen LogP) is 2.89. The molecule has 156 valence electrons. The monoisotopic (exact) mass is 417 g/mol. The number of hydrogen-bond acceptors (Lipinski definition) is 6. The summed E-state index contributed by atoms with van der Waals surface area (Å²) in [5.74, 6) is 0.880. The van der Waals surface area contributed by atoms with Gasteiger partial charge in [-0.1, -0.05) is 18.2 Å². The normalized spacial score (nSPS) is 16.2. The number of H-pyrrole nitrogens is 1. The molecule has 31 heavy (non-hydrogen) atoms. The molecule has 0 bridgehead atoms. The Labute approximate surface area is 177 Å². The van der Waals surface area contributed by atoms with Gasteiger partial charge in [0.15, 0.2) is 0 Å². The summed E-state index contributed by atoms with van der Waals surface area (Å²) in [5.41, 5.74) is 2.67. The van der Waals surface area contributed by atoms with Crippen molar-refractivity contribution in [3.63, 3.8) is 0 Å². The third-order valence-corrected chi connectivity index (χ3v) is 5.30. The topological polar surface area (TPSA) is 113 Å². The number of nitrogens with one attached hydrogen (secondary N) is 2. The van der Waals surface area contributed by atoms with Crippen LogP contribution in [0.15, 0.2) is 59.1 Å². The van der Waals surface area contributed by atoms with E-state index in [2.05, 4.69) is 20.5 Å². The Morgan fingerprint density at radius 3 is 2.71 bits per heavy atom. The van der Waals surface area contributed by atoms with Gasteiger partial charge in [-0.05, 0) is 35.9 Å². The van der Waals surface area contributed by atoms with E-state index in [-0.39, 0.29) is 18.3 Å². The molecular weight excluding hydrogens is 398 g/mol. The van der Waals surface area contributed by atoms with Crippen LogP contribution in [0.2, 0.25) is 0 Å². The summed E-state index contributed by atoms with van der Waals surface area (Å²) >= 11 is 0. The Hall–Kier alpha value is -4.14. The van der Waals surface area contributed by atoms with Gasteiger partial charge in [-0.3, -0.25) is 9.69 Å². The Bertz CT molecular complexity index is 1260. The molecule has 1 fully saturated rings. The van der Waals surface area contributed by atoms with Crippen LogP contribution in [-0.2, 0) is 17.8 Å². The van der Waals surface area contributed by atoms with Crippen molar-refractivity contribution in [3.8, 4) is 17.2 Å². The van der Waals surface area contributed by atoms with E-state index in [0.717, 1.165) is 21.4 Å². The van der Waals surface area contributed by atoms with Gasteiger partial charge >= 0.3 is 6.03 Å². The lowest BCUT2D eigenvalue weighted by molar-refractivity contribution is -0.128. The van der Waals surface area contributed by atoms with Gasteiger partial charge in [0, 0.05) is 29.1 Å². The fourth-order valence-corrected chi connectivity index (χ4v) is 3.69. The van der Waals surface area contributed by atoms with Crippen LogP contribution >= 0.6 is 0 Å². The van der Waals surface area contributed by atoms with Crippen molar-refractivity contribution in [2.75, 3.05) is 7.11 Å². The van der Waals surface area contributed by atoms with E-state index in [1.54, 1.807) is 31.4 Å². The molecule has 1 aliphatic rings. The predicted molar refractivity (Wildman–Crippen MR) is 111 cm³/mol. The highest BCUT2D eigenvalue weighted by atomic mass is 16.5. The molecule has 5 rings (SSSR count). The maximum Gasteiger partial charge on any atom is 0.325 e. The van der Waals surface area contributed by atoms with E-state index < -0.39 is 12.1 Å². The number of methoxy groups -OCH3 is 1. The first-order valence-corrected chi connectivity index (χ1v) is 9.76. The summed E-state index contributed by atoms with van der Waals surface area (Å²) in [7, 11) is 1.59. The number of aromatic nitrogens is 3. The summed E-state index contributed by atoms with van der Waals surface area (Å²) in [6.45, 7) is -0.0851. The second-order valence-corrected chi connectivity index (χ2v) is 7.22. The molecule has 0 spiro atoms. The molecule has 0 aliphatic carbocycles. The number of ether oxygens (including phenoxy) is 1. The summed E-state index contributed by atoms with van der Waals surface area (Å²) in [5, 5.41) is 11.8. The molecule has 1 saturated heterocycles. The summed E-state index contributed by atoms with van der Waals surface area (Å²) < 4.78 is 10.8. The molecule has 2 N–H and O–H groups in total. The Morgan fingerprint density at radius 1 is 1.10 bits per heavy atom. The number of nitrogens with zero attached hydrogens (tertiary/aromatic N) is 3. The fourth-order valence-electron chi connectivity index (χ4n) is 3.69. The van der Waals surface area contributed by atoms with Gasteiger partial charge in [-0.15, -0.1) is 10.2 Å². The van der Waals surface area contributed by atoms with Crippen molar-refractivity contribution in [3.05, 3.63) is 66.2 Å². The Balaban J connectivity index is 1.29. The number of rotatable bonds is 6. The average molecular weight is 417 g/mol. The van der Waals surface area contributed by atoms with Gasteiger partial charge in [0.05, 0.1) is 7.11 Å². The number of benzene rings is 2. The lowest BCUT2D eigenvalue weighted by Crippen LogP contribution is -2.32. The number of para-hydroxylation sites is 1. The number of urea groups is 1. The van der Waals surface area contributed by atoms with E-state index in [1.165, 1.54) is 0 Å². The quantitative estimate of drug-likeness (QED) is 0.467. The molecule has 4 aromatic rings. The maximum absolute atomic E-state index is 12.9. The molecule has 0 radical (unpaired) electrons. The van der Waals surface area contributed by atoms with Crippen molar-refractivity contribution in [2.24, 2.45) is 0 Å². The zero-order valence-electron chi connectivity index (χ0n) is 16.7. The first-order chi connectivity index (χ1) is 15.1. The van der Waals surface area contributed by atoms with Crippen molar-refractivity contribution in [1.29, 1.82) is 0 Å². The third-order valence-electron chi connectivity index (χ3n) is 5.30. The van der Waals surface area contributed by atoms with Crippen LogP contribution in [0.25, 0.3) is 22.4 Å². The third kappa shape index (κ3) is 3.50. The van der Waals surface area contributed by atoms with E-state index >= 15 is 0 Å². The number of hydrogen-bond donors (Lipinski definition) is 2. The summed E-state index contributed by atoms with van der Waals surface area (Å²) in [6.07, 6.45) is 2.26. The molecule has 1 aliphatic heterocycles. The Kier molecular flexibility index (Phi) is 4.62. The number of carbonyl (C=O) groups excluding carboxylic acids is 2. The van der Waals surface area contributed by atoms with Gasteiger partial charge in [0.2, 0.25) is 11.8 Å². The molecule has 2 aromatic carbocycles. The molecule has 2 aromatic heterocycles. The average Bonchev–Trinajstić information content (AvgIpc) is 3.50. The first kappa shape index (κ1) is 18.9. The lowest BCUT2D eigenvalue weighted by Gasteiger charge is -2.10.